The van der Waals surface area contributed by atoms with Gasteiger partial charge < -0.3 is 4.74 Å². The summed E-state index contributed by atoms with van der Waals surface area (Å²) in [4.78, 5) is 24.4. The van der Waals surface area contributed by atoms with Gasteiger partial charge in [0.2, 0.25) is 10.0 Å². The Labute approximate surface area is 175 Å². The summed E-state index contributed by atoms with van der Waals surface area (Å²) in [6.07, 6.45) is 0. The quantitative estimate of drug-likeness (QED) is 0.390. The molecule has 0 saturated carbocycles. The molecule has 160 valence electrons. The highest BCUT2D eigenvalue weighted by atomic mass is 32.2. The molecule has 0 atom stereocenters. The molecular formula is C20H23N3O6S. The summed E-state index contributed by atoms with van der Waals surface area (Å²) in [5.74, 6) is -0.517. The van der Waals surface area contributed by atoms with Crippen LogP contribution in [0.15, 0.2) is 47.4 Å². The molecule has 30 heavy (non-hydrogen) atoms. The molecule has 1 aliphatic rings. The SMILES string of the molecule is COC(=O)c1ccc(S(=O)(=O)N2CCN(Cc3cccc([N+](=O)[O-])c3)CC2)c(C)c1. The summed E-state index contributed by atoms with van der Waals surface area (Å²) in [5, 5.41) is 10.9. The van der Waals surface area contributed by atoms with Gasteiger partial charge in [0.25, 0.3) is 5.69 Å². The standard InChI is InChI=1S/C20H23N3O6S/c1-15-12-17(20(24)29-2)6-7-19(15)30(27,28)22-10-8-21(9-11-22)14-16-4-3-5-18(13-16)23(25)26/h3-7,12-13H,8-11,14H2,1-2H3. The van der Waals surface area contributed by atoms with Crippen molar-refractivity contribution in [3.05, 3.63) is 69.3 Å². The Hall–Kier alpha value is -2.82. The van der Waals surface area contributed by atoms with E-state index in [0.29, 0.717) is 43.9 Å². The van der Waals surface area contributed by atoms with Crippen LogP contribution in [0.5, 0.6) is 0 Å². The normalized spacial score (nSPS) is 15.7. The third kappa shape index (κ3) is 4.66. The van der Waals surface area contributed by atoms with Crippen LogP contribution in [0, 0.1) is 17.0 Å². The summed E-state index contributed by atoms with van der Waals surface area (Å²) in [7, 11) is -2.42. The number of benzene rings is 2. The van der Waals surface area contributed by atoms with Crippen LogP contribution in [0.2, 0.25) is 0 Å². The maximum absolute atomic E-state index is 13.1. The van der Waals surface area contributed by atoms with Gasteiger partial charge in [-0.2, -0.15) is 4.31 Å². The summed E-state index contributed by atoms with van der Waals surface area (Å²) < 4.78 is 32.2. The van der Waals surface area contributed by atoms with E-state index in [2.05, 4.69) is 9.64 Å². The molecule has 2 aromatic rings. The zero-order chi connectivity index (χ0) is 21.9. The molecule has 0 radical (unpaired) electrons. The molecule has 3 rings (SSSR count). The third-order valence-corrected chi connectivity index (χ3v) is 7.13. The van der Waals surface area contributed by atoms with E-state index in [1.54, 1.807) is 13.0 Å². The number of esters is 1. The Morgan fingerprint density at radius 1 is 1.13 bits per heavy atom. The lowest BCUT2D eigenvalue weighted by Crippen LogP contribution is -2.48. The van der Waals surface area contributed by atoms with Gasteiger partial charge in [-0.25, -0.2) is 13.2 Å². The fourth-order valence-corrected chi connectivity index (χ4v) is 5.11. The van der Waals surface area contributed by atoms with Gasteiger partial charge in [-0.05, 0) is 36.2 Å². The largest absolute Gasteiger partial charge is 0.465 e. The van der Waals surface area contributed by atoms with Crippen LogP contribution in [0.25, 0.3) is 0 Å². The lowest BCUT2D eigenvalue weighted by atomic mass is 10.1. The van der Waals surface area contributed by atoms with E-state index in [1.807, 2.05) is 6.07 Å². The van der Waals surface area contributed by atoms with Gasteiger partial charge in [-0.15, -0.1) is 0 Å². The number of piperazine rings is 1. The number of rotatable bonds is 6. The summed E-state index contributed by atoms with van der Waals surface area (Å²) in [5.41, 5.74) is 1.64. The van der Waals surface area contributed by atoms with Crippen molar-refractivity contribution in [3.8, 4) is 0 Å². The molecule has 1 fully saturated rings. The zero-order valence-corrected chi connectivity index (χ0v) is 17.6. The van der Waals surface area contributed by atoms with Crippen molar-refractivity contribution in [2.45, 2.75) is 18.4 Å². The van der Waals surface area contributed by atoms with Crippen LogP contribution < -0.4 is 0 Å². The fourth-order valence-electron chi connectivity index (χ4n) is 3.48. The first kappa shape index (κ1) is 21.9. The monoisotopic (exact) mass is 433 g/mol. The molecule has 0 bridgehead atoms. The number of aryl methyl sites for hydroxylation is 1. The molecule has 10 heteroatoms. The predicted octanol–water partition coefficient (Wildman–Crippen LogP) is 2.20. The highest BCUT2D eigenvalue weighted by Crippen LogP contribution is 2.23. The van der Waals surface area contributed by atoms with E-state index in [0.717, 1.165) is 5.56 Å². The second kappa shape index (κ2) is 8.90. The topological polar surface area (TPSA) is 110 Å². The lowest BCUT2D eigenvalue weighted by molar-refractivity contribution is -0.384. The number of non-ortho nitro benzene ring substituents is 1. The van der Waals surface area contributed by atoms with Gasteiger partial charge in [-0.1, -0.05) is 12.1 Å². The van der Waals surface area contributed by atoms with Crippen LogP contribution in [-0.2, 0) is 21.3 Å². The zero-order valence-electron chi connectivity index (χ0n) is 16.8. The molecule has 1 aliphatic heterocycles. The van der Waals surface area contributed by atoms with E-state index in [9.17, 15) is 23.3 Å². The second-order valence-corrected chi connectivity index (χ2v) is 8.99. The summed E-state index contributed by atoms with van der Waals surface area (Å²) >= 11 is 0. The van der Waals surface area contributed by atoms with Gasteiger partial charge in [0.1, 0.15) is 0 Å². The van der Waals surface area contributed by atoms with Crippen LogP contribution in [0.3, 0.4) is 0 Å². The second-order valence-electron chi connectivity index (χ2n) is 7.08. The molecule has 9 nitrogen and oxygen atoms in total. The maximum atomic E-state index is 13.1. The van der Waals surface area contributed by atoms with Gasteiger partial charge in [0, 0.05) is 44.9 Å². The first-order chi connectivity index (χ1) is 14.2. The van der Waals surface area contributed by atoms with Gasteiger partial charge in [0.15, 0.2) is 0 Å². The van der Waals surface area contributed by atoms with Gasteiger partial charge in [0.05, 0.1) is 22.5 Å². The Morgan fingerprint density at radius 3 is 2.43 bits per heavy atom. The maximum Gasteiger partial charge on any atom is 0.337 e. The van der Waals surface area contributed by atoms with Crippen molar-refractivity contribution in [3.63, 3.8) is 0 Å². The van der Waals surface area contributed by atoms with E-state index >= 15 is 0 Å². The molecule has 0 N–H and O–H groups in total. The minimum atomic E-state index is -3.69. The van der Waals surface area contributed by atoms with Crippen LogP contribution in [-0.4, -0.2) is 61.8 Å². The molecule has 0 aliphatic carbocycles. The van der Waals surface area contributed by atoms with E-state index in [-0.39, 0.29) is 10.6 Å². The van der Waals surface area contributed by atoms with Crippen molar-refractivity contribution in [1.29, 1.82) is 0 Å². The predicted molar refractivity (Wildman–Crippen MR) is 110 cm³/mol. The average molecular weight is 433 g/mol. The molecule has 0 unspecified atom stereocenters. The molecule has 0 aromatic heterocycles. The van der Waals surface area contributed by atoms with Gasteiger partial charge >= 0.3 is 5.97 Å². The molecule has 1 saturated heterocycles. The van der Waals surface area contributed by atoms with Gasteiger partial charge in [-0.3, -0.25) is 15.0 Å². The highest BCUT2D eigenvalue weighted by molar-refractivity contribution is 7.89. The van der Waals surface area contributed by atoms with E-state index in [4.69, 9.17) is 0 Å². The first-order valence-corrected chi connectivity index (χ1v) is 10.8. The number of sulfonamides is 1. The number of ether oxygens (including phenoxy) is 1. The number of hydrogen-bond donors (Lipinski definition) is 0. The van der Waals surface area contributed by atoms with Crippen molar-refractivity contribution in [2.75, 3.05) is 33.3 Å². The number of nitro groups is 1. The molecule has 0 amide bonds. The number of nitro benzene ring substituents is 1. The Bertz CT molecular complexity index is 1060. The van der Waals surface area contributed by atoms with Crippen LogP contribution in [0.4, 0.5) is 5.69 Å². The Morgan fingerprint density at radius 2 is 1.83 bits per heavy atom. The lowest BCUT2D eigenvalue weighted by Gasteiger charge is -2.34. The first-order valence-electron chi connectivity index (χ1n) is 9.37. The third-order valence-electron chi connectivity index (χ3n) is 5.07. The number of hydrogen-bond acceptors (Lipinski definition) is 7. The van der Waals surface area contributed by atoms with Crippen molar-refractivity contribution < 1.29 is 22.9 Å². The van der Waals surface area contributed by atoms with E-state index in [1.165, 1.54) is 41.7 Å². The smallest absolute Gasteiger partial charge is 0.337 e. The summed E-state index contributed by atoms with van der Waals surface area (Å²) in [6.45, 7) is 3.83. The van der Waals surface area contributed by atoms with Crippen LogP contribution in [0.1, 0.15) is 21.5 Å². The number of carbonyl (C=O) groups excluding carboxylic acids is 1. The van der Waals surface area contributed by atoms with Crippen LogP contribution >= 0.6 is 0 Å². The van der Waals surface area contributed by atoms with Crippen molar-refractivity contribution in [1.82, 2.24) is 9.21 Å². The minimum absolute atomic E-state index is 0.0413. The average Bonchev–Trinajstić information content (AvgIpc) is 2.73. The number of nitrogens with zero attached hydrogens (tertiary/aromatic N) is 3. The molecular weight excluding hydrogens is 410 g/mol. The molecule has 1 heterocycles. The number of methoxy groups -OCH3 is 1. The Kier molecular flexibility index (Phi) is 6.49. The Balaban J connectivity index is 1.67. The fraction of sp³-hybridized carbons (Fsp3) is 0.350. The number of carbonyl (C=O) groups is 1. The highest BCUT2D eigenvalue weighted by Gasteiger charge is 2.30. The van der Waals surface area contributed by atoms with Crippen molar-refractivity contribution in [2.24, 2.45) is 0 Å². The van der Waals surface area contributed by atoms with Crippen molar-refractivity contribution >= 4 is 21.7 Å². The van der Waals surface area contributed by atoms with E-state index < -0.39 is 20.9 Å². The summed E-state index contributed by atoms with van der Waals surface area (Å²) in [6, 6.07) is 10.8. The minimum Gasteiger partial charge on any atom is -0.465 e. The molecule has 2 aromatic carbocycles. The molecule has 0 spiro atoms.